The van der Waals surface area contributed by atoms with Gasteiger partial charge in [-0.3, -0.25) is 4.79 Å². The highest BCUT2D eigenvalue weighted by atomic mass is 16.5. The average Bonchev–Trinajstić information content (AvgIpc) is 2.90. The quantitative estimate of drug-likeness (QED) is 0.851. The van der Waals surface area contributed by atoms with Crippen molar-refractivity contribution in [2.75, 3.05) is 18.9 Å². The van der Waals surface area contributed by atoms with Crippen LogP contribution in [-0.2, 0) is 4.74 Å². The van der Waals surface area contributed by atoms with E-state index in [0.29, 0.717) is 24.6 Å². The Morgan fingerprint density at radius 1 is 1.42 bits per heavy atom. The van der Waals surface area contributed by atoms with Crippen LogP contribution in [0, 0.1) is 0 Å². The molecule has 5 heteroatoms. The Labute approximate surface area is 110 Å². The lowest BCUT2D eigenvalue weighted by atomic mass is 10.1. The number of hydrogen-bond acceptors (Lipinski definition) is 4. The second-order valence-electron chi connectivity index (χ2n) is 4.65. The lowest BCUT2D eigenvalue weighted by molar-refractivity contribution is 0.0931. The molecule has 1 aromatic heterocycles. The van der Waals surface area contributed by atoms with Crippen molar-refractivity contribution in [3.8, 4) is 0 Å². The van der Waals surface area contributed by atoms with Gasteiger partial charge in [0.25, 0.3) is 5.91 Å². The van der Waals surface area contributed by atoms with Crippen LogP contribution in [0.15, 0.2) is 30.3 Å². The molecule has 98 valence electrons. The van der Waals surface area contributed by atoms with Crippen molar-refractivity contribution in [3.63, 3.8) is 0 Å². The fourth-order valence-corrected chi connectivity index (χ4v) is 2.30. The van der Waals surface area contributed by atoms with Gasteiger partial charge >= 0.3 is 0 Å². The van der Waals surface area contributed by atoms with E-state index in [1.165, 1.54) is 0 Å². The maximum Gasteiger partial charge on any atom is 0.252 e. The van der Waals surface area contributed by atoms with Gasteiger partial charge in [0.15, 0.2) is 0 Å². The first kappa shape index (κ1) is 11.9. The number of carbonyl (C=O) groups is 1. The number of nitrogens with zero attached hydrogens (tertiary/aromatic N) is 1. The van der Waals surface area contributed by atoms with E-state index in [4.69, 9.17) is 10.5 Å². The van der Waals surface area contributed by atoms with Crippen molar-refractivity contribution in [1.29, 1.82) is 0 Å². The topological polar surface area (TPSA) is 77.2 Å². The van der Waals surface area contributed by atoms with E-state index in [0.717, 1.165) is 17.3 Å². The van der Waals surface area contributed by atoms with Gasteiger partial charge in [-0.15, -0.1) is 0 Å². The van der Waals surface area contributed by atoms with Crippen molar-refractivity contribution >= 4 is 22.6 Å². The number of pyridine rings is 1. The first-order valence-electron chi connectivity index (χ1n) is 6.28. The summed E-state index contributed by atoms with van der Waals surface area (Å²) in [5, 5.41) is 3.78. The van der Waals surface area contributed by atoms with E-state index < -0.39 is 0 Å². The third-order valence-electron chi connectivity index (χ3n) is 3.25. The number of para-hydroxylation sites is 1. The number of fused-ring (bicyclic) bond motifs is 1. The van der Waals surface area contributed by atoms with E-state index in [1.807, 2.05) is 24.3 Å². The molecule has 1 saturated heterocycles. The van der Waals surface area contributed by atoms with Crippen LogP contribution in [0.4, 0.5) is 5.82 Å². The van der Waals surface area contributed by atoms with Crippen molar-refractivity contribution < 1.29 is 9.53 Å². The number of nitrogens with one attached hydrogen (secondary N) is 1. The lowest BCUT2D eigenvalue weighted by Crippen LogP contribution is -2.35. The Morgan fingerprint density at radius 3 is 3.05 bits per heavy atom. The highest BCUT2D eigenvalue weighted by molar-refractivity contribution is 6.07. The molecule has 1 aliphatic heterocycles. The number of anilines is 1. The fourth-order valence-electron chi connectivity index (χ4n) is 2.30. The Balaban J connectivity index is 1.96. The second-order valence-corrected chi connectivity index (χ2v) is 4.65. The monoisotopic (exact) mass is 257 g/mol. The van der Waals surface area contributed by atoms with Crippen molar-refractivity contribution in [2.45, 2.75) is 12.5 Å². The lowest BCUT2D eigenvalue weighted by Gasteiger charge is -2.12. The van der Waals surface area contributed by atoms with Crippen LogP contribution >= 0.6 is 0 Å². The summed E-state index contributed by atoms with van der Waals surface area (Å²) in [7, 11) is 0. The number of benzene rings is 1. The zero-order valence-corrected chi connectivity index (χ0v) is 10.4. The van der Waals surface area contributed by atoms with Gasteiger partial charge in [0.05, 0.1) is 23.7 Å². The molecule has 3 N–H and O–H groups in total. The van der Waals surface area contributed by atoms with Gasteiger partial charge in [-0.05, 0) is 18.6 Å². The standard InChI is InChI=1S/C14H15N3O2/c15-13-7-11(10-3-1-2-4-12(10)17-13)14(18)16-9-5-6-19-8-9/h1-4,7,9H,5-6,8H2,(H2,15,17)(H,16,18). The Morgan fingerprint density at radius 2 is 2.26 bits per heavy atom. The number of rotatable bonds is 2. The number of carbonyl (C=O) groups excluding carboxylic acids is 1. The molecule has 3 rings (SSSR count). The largest absolute Gasteiger partial charge is 0.384 e. The van der Waals surface area contributed by atoms with E-state index in [1.54, 1.807) is 6.07 Å². The molecule has 1 aliphatic rings. The second kappa shape index (κ2) is 4.85. The number of hydrogen-bond donors (Lipinski definition) is 2. The van der Waals surface area contributed by atoms with Crippen LogP contribution in [-0.4, -0.2) is 30.1 Å². The third-order valence-corrected chi connectivity index (χ3v) is 3.25. The molecule has 1 unspecified atom stereocenters. The molecule has 1 fully saturated rings. The van der Waals surface area contributed by atoms with E-state index in [-0.39, 0.29) is 11.9 Å². The molecule has 2 aromatic rings. The first-order valence-corrected chi connectivity index (χ1v) is 6.28. The smallest absolute Gasteiger partial charge is 0.252 e. The predicted octanol–water partition coefficient (Wildman–Crippen LogP) is 1.34. The van der Waals surface area contributed by atoms with Gasteiger partial charge in [0.1, 0.15) is 5.82 Å². The summed E-state index contributed by atoms with van der Waals surface area (Å²) >= 11 is 0. The molecule has 2 heterocycles. The normalized spacial score (nSPS) is 18.6. The Bertz CT molecular complexity index is 621. The summed E-state index contributed by atoms with van der Waals surface area (Å²) in [4.78, 5) is 16.5. The van der Waals surface area contributed by atoms with E-state index in [9.17, 15) is 4.79 Å². The zero-order chi connectivity index (χ0) is 13.2. The molecule has 1 amide bonds. The highest BCUT2D eigenvalue weighted by Gasteiger charge is 2.20. The van der Waals surface area contributed by atoms with Crippen LogP contribution in [0.3, 0.4) is 0 Å². The predicted molar refractivity (Wildman–Crippen MR) is 72.8 cm³/mol. The van der Waals surface area contributed by atoms with Crippen LogP contribution in [0.2, 0.25) is 0 Å². The summed E-state index contributed by atoms with van der Waals surface area (Å²) < 4.78 is 5.25. The molecular weight excluding hydrogens is 242 g/mol. The molecule has 0 spiro atoms. The van der Waals surface area contributed by atoms with Gasteiger partial charge in [-0.25, -0.2) is 4.98 Å². The van der Waals surface area contributed by atoms with Crippen molar-refractivity contribution in [1.82, 2.24) is 10.3 Å². The minimum absolute atomic E-state index is 0.0839. The number of aromatic nitrogens is 1. The summed E-state index contributed by atoms with van der Waals surface area (Å²) in [5.74, 6) is 0.229. The SMILES string of the molecule is Nc1cc(C(=O)NC2CCOC2)c2ccccc2n1. The fraction of sp³-hybridized carbons (Fsp3) is 0.286. The van der Waals surface area contributed by atoms with Crippen molar-refractivity contribution in [2.24, 2.45) is 0 Å². The van der Waals surface area contributed by atoms with Gasteiger partial charge in [-0.2, -0.15) is 0 Å². The third kappa shape index (κ3) is 2.37. The summed E-state index contributed by atoms with van der Waals surface area (Å²) in [5.41, 5.74) is 7.05. The minimum Gasteiger partial charge on any atom is -0.384 e. The van der Waals surface area contributed by atoms with Crippen LogP contribution in [0.25, 0.3) is 10.9 Å². The Kier molecular flexibility index (Phi) is 3.05. The Hall–Kier alpha value is -2.14. The van der Waals surface area contributed by atoms with Crippen LogP contribution in [0.1, 0.15) is 16.8 Å². The molecular formula is C14H15N3O2. The summed E-state index contributed by atoms with van der Waals surface area (Å²) in [6.07, 6.45) is 0.851. The highest BCUT2D eigenvalue weighted by Crippen LogP contribution is 2.19. The number of amides is 1. The van der Waals surface area contributed by atoms with Gasteiger partial charge < -0.3 is 15.8 Å². The van der Waals surface area contributed by atoms with E-state index in [2.05, 4.69) is 10.3 Å². The summed E-state index contributed by atoms with van der Waals surface area (Å²) in [6.45, 7) is 1.27. The van der Waals surface area contributed by atoms with E-state index >= 15 is 0 Å². The molecule has 0 aliphatic carbocycles. The molecule has 5 nitrogen and oxygen atoms in total. The van der Waals surface area contributed by atoms with Gasteiger partial charge in [-0.1, -0.05) is 18.2 Å². The van der Waals surface area contributed by atoms with Crippen LogP contribution in [0.5, 0.6) is 0 Å². The molecule has 0 radical (unpaired) electrons. The molecule has 1 aromatic carbocycles. The maximum absolute atomic E-state index is 12.3. The molecule has 19 heavy (non-hydrogen) atoms. The van der Waals surface area contributed by atoms with Crippen LogP contribution < -0.4 is 11.1 Å². The number of ether oxygens (including phenoxy) is 1. The summed E-state index contributed by atoms with van der Waals surface area (Å²) in [6, 6.07) is 9.19. The number of nitrogen functional groups attached to an aromatic ring is 1. The van der Waals surface area contributed by atoms with Gasteiger partial charge in [0, 0.05) is 12.0 Å². The molecule has 0 saturated carbocycles. The maximum atomic E-state index is 12.3. The first-order chi connectivity index (χ1) is 9.24. The molecule has 1 atom stereocenters. The van der Waals surface area contributed by atoms with Crippen molar-refractivity contribution in [3.05, 3.63) is 35.9 Å². The average molecular weight is 257 g/mol. The zero-order valence-electron chi connectivity index (χ0n) is 10.4. The minimum atomic E-state index is -0.124. The molecule has 0 bridgehead atoms. The number of nitrogens with two attached hydrogens (primary N) is 1. The van der Waals surface area contributed by atoms with Gasteiger partial charge in [0.2, 0.25) is 0 Å².